The minimum absolute atomic E-state index is 0.631. The van der Waals surface area contributed by atoms with E-state index in [0.717, 1.165) is 52.3 Å². The van der Waals surface area contributed by atoms with Crippen LogP contribution < -0.4 is 0 Å². The first-order valence-corrected chi connectivity index (χ1v) is 15.4. The zero-order chi connectivity index (χ0) is 27.2. The Morgan fingerprint density at radius 1 is 0.846 bits per heavy atom. The van der Waals surface area contributed by atoms with Gasteiger partial charge in [0.1, 0.15) is 0 Å². The molecule has 0 spiro atoms. The molecule has 2 aromatic carbocycles. The van der Waals surface area contributed by atoms with Gasteiger partial charge in [0.15, 0.2) is 0 Å². The molecule has 0 bridgehead atoms. The van der Waals surface area contributed by atoms with Gasteiger partial charge < -0.3 is 0 Å². The zero-order valence-corrected chi connectivity index (χ0v) is 24.1. The van der Waals surface area contributed by atoms with Crippen molar-refractivity contribution in [2.45, 2.75) is 85.0 Å². The van der Waals surface area contributed by atoms with E-state index in [0.29, 0.717) is 11.5 Å². The van der Waals surface area contributed by atoms with Crippen LogP contribution in [-0.4, -0.2) is 4.98 Å². The summed E-state index contributed by atoms with van der Waals surface area (Å²) >= 11 is 0. The molecule has 1 aromatic heterocycles. The Balaban J connectivity index is 1.47. The lowest BCUT2D eigenvalue weighted by atomic mass is 9.76. The fourth-order valence-corrected chi connectivity index (χ4v) is 7.01. The first kappa shape index (κ1) is 27.4. The van der Waals surface area contributed by atoms with Crippen molar-refractivity contribution in [3.63, 3.8) is 0 Å². The van der Waals surface area contributed by atoms with Crippen molar-refractivity contribution < 1.29 is 0 Å². The van der Waals surface area contributed by atoms with Gasteiger partial charge in [-0.15, -0.1) is 0 Å². The second kappa shape index (κ2) is 12.8. The minimum atomic E-state index is 0.631. The summed E-state index contributed by atoms with van der Waals surface area (Å²) in [7, 11) is 0. The molecule has 2 heteroatoms. The van der Waals surface area contributed by atoms with Crippen molar-refractivity contribution in [1.82, 2.24) is 4.98 Å². The number of fused-ring (bicyclic) bond motifs is 1. The number of hydrogen-bond donors (Lipinski definition) is 0. The smallest absolute Gasteiger partial charge is 0.0991 e. The highest BCUT2D eigenvalue weighted by Crippen LogP contribution is 2.40. The molecular formula is C37H44N2. The number of aromatic nitrogens is 1. The molecule has 0 radical (unpaired) electrons. The van der Waals surface area contributed by atoms with Crippen LogP contribution in [-0.2, 0) is 6.42 Å². The number of allylic oxidation sites excluding steroid dienone is 1. The van der Waals surface area contributed by atoms with E-state index in [1.54, 1.807) is 0 Å². The number of rotatable bonds is 6. The molecule has 0 amide bonds. The highest BCUT2D eigenvalue weighted by molar-refractivity contribution is 5.82. The van der Waals surface area contributed by atoms with Crippen LogP contribution in [0.1, 0.15) is 94.0 Å². The summed E-state index contributed by atoms with van der Waals surface area (Å²) in [4.78, 5) is 5.32. The fraction of sp³-hybridized carbons (Fsp3) is 0.459. The summed E-state index contributed by atoms with van der Waals surface area (Å²) in [6.07, 6.45) is 18.2. The lowest BCUT2D eigenvalue weighted by Crippen LogP contribution is -2.19. The van der Waals surface area contributed by atoms with Gasteiger partial charge in [-0.05, 0) is 91.7 Å². The Kier molecular flexibility index (Phi) is 8.98. The molecule has 2 nitrogen and oxygen atoms in total. The molecule has 1 heterocycles. The summed E-state index contributed by atoms with van der Waals surface area (Å²) in [5.41, 5.74) is 8.87. The van der Waals surface area contributed by atoms with Gasteiger partial charge in [0.05, 0.1) is 23.0 Å². The van der Waals surface area contributed by atoms with Gasteiger partial charge in [-0.2, -0.15) is 5.26 Å². The molecule has 2 aliphatic rings. The van der Waals surface area contributed by atoms with E-state index in [1.807, 2.05) is 12.1 Å². The SMILES string of the molecule is CCC1CCCC(CC2CCc3cc(-c4ccc(C#N)cc4)c(-c4ccc(C)cc4)nc3C=CC2CC)CC1. The summed E-state index contributed by atoms with van der Waals surface area (Å²) in [6.45, 7) is 6.87. The summed E-state index contributed by atoms with van der Waals surface area (Å²) < 4.78 is 0. The molecule has 4 atom stereocenters. The Morgan fingerprint density at radius 3 is 2.28 bits per heavy atom. The van der Waals surface area contributed by atoms with Gasteiger partial charge in [-0.25, -0.2) is 4.98 Å². The molecule has 1 saturated carbocycles. The number of hydrogen-bond acceptors (Lipinski definition) is 2. The van der Waals surface area contributed by atoms with Gasteiger partial charge in [0.2, 0.25) is 0 Å². The van der Waals surface area contributed by atoms with Crippen LogP contribution >= 0.6 is 0 Å². The van der Waals surface area contributed by atoms with Gasteiger partial charge in [-0.3, -0.25) is 0 Å². The van der Waals surface area contributed by atoms with Crippen LogP contribution in [0.25, 0.3) is 28.5 Å². The van der Waals surface area contributed by atoms with Crippen LogP contribution in [0.2, 0.25) is 0 Å². The maximum Gasteiger partial charge on any atom is 0.0991 e. The Labute approximate surface area is 236 Å². The summed E-state index contributed by atoms with van der Waals surface area (Å²) in [6, 6.07) is 21.3. The van der Waals surface area contributed by atoms with Crippen molar-refractivity contribution in [3.8, 4) is 28.5 Å². The van der Waals surface area contributed by atoms with Gasteiger partial charge in [0, 0.05) is 11.1 Å². The van der Waals surface area contributed by atoms with E-state index < -0.39 is 0 Å². The van der Waals surface area contributed by atoms with E-state index in [2.05, 4.69) is 81.5 Å². The highest BCUT2D eigenvalue weighted by Gasteiger charge is 2.27. The number of aryl methyl sites for hydroxylation is 2. The third kappa shape index (κ3) is 6.52. The van der Waals surface area contributed by atoms with Gasteiger partial charge >= 0.3 is 0 Å². The van der Waals surface area contributed by atoms with E-state index in [1.165, 1.54) is 68.9 Å². The maximum atomic E-state index is 9.33. The summed E-state index contributed by atoms with van der Waals surface area (Å²) in [5.74, 6) is 3.23. The van der Waals surface area contributed by atoms with Gasteiger partial charge in [0.25, 0.3) is 0 Å². The lowest BCUT2D eigenvalue weighted by molar-refractivity contribution is 0.263. The van der Waals surface area contributed by atoms with Gasteiger partial charge in [-0.1, -0.05) is 100 Å². The zero-order valence-electron chi connectivity index (χ0n) is 24.1. The predicted octanol–water partition coefficient (Wildman–Crippen LogP) is 10.2. The number of nitriles is 1. The second-order valence-electron chi connectivity index (χ2n) is 12.1. The third-order valence-electron chi connectivity index (χ3n) is 9.57. The van der Waals surface area contributed by atoms with E-state index >= 15 is 0 Å². The van der Waals surface area contributed by atoms with Crippen molar-refractivity contribution >= 4 is 6.08 Å². The first-order chi connectivity index (χ1) is 19.1. The van der Waals surface area contributed by atoms with Crippen LogP contribution in [0.3, 0.4) is 0 Å². The van der Waals surface area contributed by atoms with E-state index in [4.69, 9.17) is 4.98 Å². The van der Waals surface area contributed by atoms with Crippen molar-refractivity contribution in [2.24, 2.45) is 23.7 Å². The second-order valence-corrected chi connectivity index (χ2v) is 12.1. The largest absolute Gasteiger partial charge is 0.247 e. The van der Waals surface area contributed by atoms with Crippen LogP contribution in [0.15, 0.2) is 60.7 Å². The Hall–Kier alpha value is -3.18. The van der Waals surface area contributed by atoms with Crippen molar-refractivity contribution in [2.75, 3.05) is 0 Å². The van der Waals surface area contributed by atoms with Crippen LogP contribution in [0, 0.1) is 41.9 Å². The van der Waals surface area contributed by atoms with Crippen LogP contribution in [0.5, 0.6) is 0 Å². The normalized spacial score (nSPS) is 23.2. The average molecular weight is 517 g/mol. The molecule has 2 aliphatic carbocycles. The number of nitrogens with zero attached hydrogens (tertiary/aromatic N) is 2. The maximum absolute atomic E-state index is 9.33. The van der Waals surface area contributed by atoms with E-state index in [9.17, 15) is 5.26 Å². The topological polar surface area (TPSA) is 36.7 Å². The molecule has 1 fully saturated rings. The molecule has 0 aliphatic heterocycles. The average Bonchev–Trinajstić information content (AvgIpc) is 3.20. The highest BCUT2D eigenvalue weighted by atomic mass is 14.7. The Morgan fingerprint density at radius 2 is 1.56 bits per heavy atom. The fourth-order valence-electron chi connectivity index (χ4n) is 7.01. The van der Waals surface area contributed by atoms with Crippen molar-refractivity contribution in [3.05, 3.63) is 83.1 Å². The molecule has 5 rings (SSSR count). The minimum Gasteiger partial charge on any atom is -0.247 e. The molecule has 4 unspecified atom stereocenters. The molecule has 3 aromatic rings. The monoisotopic (exact) mass is 516 g/mol. The lowest BCUT2D eigenvalue weighted by Gasteiger charge is -2.30. The third-order valence-corrected chi connectivity index (χ3v) is 9.57. The first-order valence-electron chi connectivity index (χ1n) is 15.4. The molecular weight excluding hydrogens is 472 g/mol. The molecule has 0 saturated heterocycles. The number of pyridine rings is 1. The molecule has 0 N–H and O–H groups in total. The molecule has 39 heavy (non-hydrogen) atoms. The quantitative estimate of drug-likeness (QED) is 0.306. The molecule has 202 valence electrons. The van der Waals surface area contributed by atoms with E-state index in [-0.39, 0.29) is 0 Å². The summed E-state index contributed by atoms with van der Waals surface area (Å²) in [5, 5.41) is 9.33. The van der Waals surface area contributed by atoms with Crippen molar-refractivity contribution in [1.29, 1.82) is 5.26 Å². The van der Waals surface area contributed by atoms with Crippen LogP contribution in [0.4, 0.5) is 0 Å². The standard InChI is InChI=1S/C37H44N2/c1-4-27-7-6-8-28(12-11-27)23-33-19-20-34-24-35(31-17-13-29(25-38)14-18-31)37(32-15-9-26(3)10-16-32)39-36(34)22-21-30(33)5-2/h9-10,13-18,21-22,24,27-28,30,33H,4-8,11-12,19-20,23H2,1-3H3. The predicted molar refractivity (Wildman–Crippen MR) is 164 cm³/mol. The Bertz CT molecular complexity index is 1310. The number of benzene rings is 2.